The predicted molar refractivity (Wildman–Crippen MR) is 119 cm³/mol. The van der Waals surface area contributed by atoms with Gasteiger partial charge >= 0.3 is 5.97 Å². The topological polar surface area (TPSA) is 98.0 Å². The van der Waals surface area contributed by atoms with Gasteiger partial charge in [-0.15, -0.1) is 0 Å². The van der Waals surface area contributed by atoms with Gasteiger partial charge in [0.2, 0.25) is 0 Å². The van der Waals surface area contributed by atoms with Crippen LogP contribution in [0.15, 0.2) is 36.5 Å². The van der Waals surface area contributed by atoms with Crippen LogP contribution in [0.5, 0.6) is 0 Å². The number of carbonyl (C=O) groups is 1. The molecule has 0 aliphatic rings. The van der Waals surface area contributed by atoms with Crippen molar-refractivity contribution in [2.75, 3.05) is 0 Å². The van der Waals surface area contributed by atoms with Crippen LogP contribution in [-0.2, 0) is 4.79 Å². The predicted octanol–water partition coefficient (Wildman–Crippen LogP) is 4.77. The number of allylic oxidation sites excluding steroid dienone is 3. The molecule has 4 N–H and O–H groups in total. The SMILES string of the molecule is CCCCC/C=C\C/C=C\CC(O)/C=C/C(O)C(O)CCCCC(C)(C)C(=O)O. The lowest BCUT2D eigenvalue weighted by molar-refractivity contribution is -0.147. The second-order valence-electron chi connectivity index (χ2n) is 8.36. The van der Waals surface area contributed by atoms with E-state index < -0.39 is 29.7 Å². The smallest absolute Gasteiger partial charge is 0.309 e. The molecular formula is C24H42O5. The van der Waals surface area contributed by atoms with Crippen LogP contribution in [0.25, 0.3) is 0 Å². The summed E-state index contributed by atoms with van der Waals surface area (Å²) in [6.07, 6.45) is 16.9. The fourth-order valence-electron chi connectivity index (χ4n) is 2.78. The maximum absolute atomic E-state index is 11.1. The standard InChI is InChI=1S/C24H42O5/c1-4-5-6-7-8-9-10-11-12-15-20(25)17-18-22(27)21(26)16-13-14-19-24(2,3)23(28)29/h8-9,11-12,17-18,20-22,25-27H,4-7,10,13-16,19H2,1-3H3,(H,28,29)/b9-8-,12-11-,18-17+. The first-order valence-corrected chi connectivity index (χ1v) is 11.0. The summed E-state index contributed by atoms with van der Waals surface area (Å²) in [6, 6.07) is 0. The third-order valence-electron chi connectivity index (χ3n) is 5.01. The maximum Gasteiger partial charge on any atom is 0.309 e. The Morgan fingerprint density at radius 1 is 0.931 bits per heavy atom. The molecule has 168 valence electrons. The van der Waals surface area contributed by atoms with Gasteiger partial charge in [-0.3, -0.25) is 4.79 Å². The van der Waals surface area contributed by atoms with E-state index in [9.17, 15) is 20.1 Å². The van der Waals surface area contributed by atoms with Crippen LogP contribution in [0.2, 0.25) is 0 Å². The molecule has 29 heavy (non-hydrogen) atoms. The van der Waals surface area contributed by atoms with Crippen LogP contribution < -0.4 is 0 Å². The molecule has 0 aromatic heterocycles. The first-order valence-electron chi connectivity index (χ1n) is 11.0. The van der Waals surface area contributed by atoms with Crippen molar-refractivity contribution < 1.29 is 25.2 Å². The van der Waals surface area contributed by atoms with Crippen LogP contribution in [-0.4, -0.2) is 44.7 Å². The highest BCUT2D eigenvalue weighted by Crippen LogP contribution is 2.24. The van der Waals surface area contributed by atoms with E-state index in [0.29, 0.717) is 32.1 Å². The number of unbranched alkanes of at least 4 members (excludes halogenated alkanes) is 4. The zero-order valence-corrected chi connectivity index (χ0v) is 18.5. The van der Waals surface area contributed by atoms with Crippen molar-refractivity contribution in [3.05, 3.63) is 36.5 Å². The molecule has 0 fully saturated rings. The first kappa shape index (κ1) is 27.6. The number of hydrogen-bond donors (Lipinski definition) is 4. The third-order valence-corrected chi connectivity index (χ3v) is 5.01. The van der Waals surface area contributed by atoms with Gasteiger partial charge in [-0.1, -0.05) is 69.1 Å². The Labute approximate surface area is 176 Å². The van der Waals surface area contributed by atoms with Crippen molar-refractivity contribution >= 4 is 5.97 Å². The van der Waals surface area contributed by atoms with E-state index >= 15 is 0 Å². The minimum absolute atomic E-state index is 0.391. The summed E-state index contributed by atoms with van der Waals surface area (Å²) < 4.78 is 0. The van der Waals surface area contributed by atoms with Gasteiger partial charge in [-0.05, 0) is 52.4 Å². The number of hydrogen-bond acceptors (Lipinski definition) is 4. The molecular weight excluding hydrogens is 368 g/mol. The lowest BCUT2D eigenvalue weighted by Gasteiger charge is -2.19. The highest BCUT2D eigenvalue weighted by Gasteiger charge is 2.26. The number of carboxylic acid groups (broad SMARTS) is 1. The second-order valence-corrected chi connectivity index (χ2v) is 8.36. The van der Waals surface area contributed by atoms with Crippen molar-refractivity contribution in [1.82, 2.24) is 0 Å². The molecule has 5 nitrogen and oxygen atoms in total. The molecule has 0 bridgehead atoms. The first-order chi connectivity index (χ1) is 13.7. The molecule has 0 aromatic rings. The molecule has 0 saturated carbocycles. The van der Waals surface area contributed by atoms with E-state index in [1.165, 1.54) is 31.4 Å². The zero-order valence-electron chi connectivity index (χ0n) is 18.5. The molecule has 3 unspecified atom stereocenters. The fraction of sp³-hybridized carbons (Fsp3) is 0.708. The third kappa shape index (κ3) is 15.1. The van der Waals surface area contributed by atoms with Crippen LogP contribution >= 0.6 is 0 Å². The monoisotopic (exact) mass is 410 g/mol. The van der Waals surface area contributed by atoms with Crippen molar-refractivity contribution in [2.45, 2.75) is 103 Å². The van der Waals surface area contributed by atoms with Crippen molar-refractivity contribution in [1.29, 1.82) is 0 Å². The quantitative estimate of drug-likeness (QED) is 0.204. The number of aliphatic hydroxyl groups is 3. The van der Waals surface area contributed by atoms with Gasteiger partial charge < -0.3 is 20.4 Å². The Kier molecular flexibility index (Phi) is 15.6. The molecule has 0 rings (SSSR count). The Morgan fingerprint density at radius 2 is 1.62 bits per heavy atom. The summed E-state index contributed by atoms with van der Waals surface area (Å²) in [5, 5.41) is 39.0. The Balaban J connectivity index is 3.99. The molecule has 0 aliphatic carbocycles. The molecule has 0 heterocycles. The van der Waals surface area contributed by atoms with E-state index in [1.54, 1.807) is 13.8 Å². The molecule has 0 aromatic carbocycles. The molecule has 0 spiro atoms. The molecule has 5 heteroatoms. The highest BCUT2D eigenvalue weighted by molar-refractivity contribution is 5.73. The minimum atomic E-state index is -1.04. The number of aliphatic carboxylic acids is 1. The fourth-order valence-corrected chi connectivity index (χ4v) is 2.78. The Bertz CT molecular complexity index is 507. The molecule has 0 aliphatic heterocycles. The Hall–Kier alpha value is -1.43. The number of aliphatic hydroxyl groups excluding tert-OH is 3. The Morgan fingerprint density at radius 3 is 2.28 bits per heavy atom. The summed E-state index contributed by atoms with van der Waals surface area (Å²) >= 11 is 0. The number of rotatable bonds is 17. The van der Waals surface area contributed by atoms with Crippen LogP contribution in [0.3, 0.4) is 0 Å². The van der Waals surface area contributed by atoms with Crippen molar-refractivity contribution in [2.24, 2.45) is 5.41 Å². The van der Waals surface area contributed by atoms with E-state index in [1.807, 2.05) is 12.2 Å². The van der Waals surface area contributed by atoms with Gasteiger partial charge in [0.1, 0.15) is 0 Å². The van der Waals surface area contributed by atoms with Crippen LogP contribution in [0, 0.1) is 5.41 Å². The van der Waals surface area contributed by atoms with Crippen LogP contribution in [0.1, 0.15) is 85.0 Å². The normalized spacial score (nSPS) is 16.1. The zero-order chi connectivity index (χ0) is 22.1. The minimum Gasteiger partial charge on any atom is -0.481 e. The van der Waals surface area contributed by atoms with Crippen LogP contribution in [0.4, 0.5) is 0 Å². The maximum atomic E-state index is 11.1. The van der Waals surface area contributed by atoms with Gasteiger partial charge in [-0.25, -0.2) is 0 Å². The van der Waals surface area contributed by atoms with E-state index in [4.69, 9.17) is 5.11 Å². The largest absolute Gasteiger partial charge is 0.481 e. The summed E-state index contributed by atoms with van der Waals surface area (Å²) in [5.74, 6) is -0.827. The summed E-state index contributed by atoms with van der Waals surface area (Å²) in [4.78, 5) is 11.1. The van der Waals surface area contributed by atoms with E-state index in [0.717, 1.165) is 12.8 Å². The summed E-state index contributed by atoms with van der Waals surface area (Å²) in [7, 11) is 0. The summed E-state index contributed by atoms with van der Waals surface area (Å²) in [6.45, 7) is 5.56. The molecule has 3 atom stereocenters. The molecule has 0 radical (unpaired) electrons. The number of carboxylic acids is 1. The molecule has 0 saturated heterocycles. The van der Waals surface area contributed by atoms with Gasteiger partial charge in [0.05, 0.1) is 23.7 Å². The lowest BCUT2D eigenvalue weighted by atomic mass is 9.87. The van der Waals surface area contributed by atoms with Crippen molar-refractivity contribution in [3.8, 4) is 0 Å². The van der Waals surface area contributed by atoms with E-state index in [-0.39, 0.29) is 0 Å². The second kappa shape index (κ2) is 16.4. The average Bonchev–Trinajstić information content (AvgIpc) is 2.67. The molecule has 0 amide bonds. The lowest BCUT2D eigenvalue weighted by Crippen LogP contribution is -2.25. The van der Waals surface area contributed by atoms with E-state index in [2.05, 4.69) is 19.1 Å². The van der Waals surface area contributed by atoms with Gasteiger partial charge in [-0.2, -0.15) is 0 Å². The summed E-state index contributed by atoms with van der Waals surface area (Å²) in [5.41, 5.74) is -0.772. The van der Waals surface area contributed by atoms with Gasteiger partial charge in [0.15, 0.2) is 0 Å². The van der Waals surface area contributed by atoms with Gasteiger partial charge in [0.25, 0.3) is 0 Å². The average molecular weight is 411 g/mol. The van der Waals surface area contributed by atoms with Gasteiger partial charge in [0, 0.05) is 0 Å². The van der Waals surface area contributed by atoms with Crippen molar-refractivity contribution in [3.63, 3.8) is 0 Å². The highest BCUT2D eigenvalue weighted by atomic mass is 16.4.